The van der Waals surface area contributed by atoms with Gasteiger partial charge in [-0.25, -0.2) is 9.69 Å². The van der Waals surface area contributed by atoms with Crippen LogP contribution < -0.4 is 4.90 Å². The first-order valence-electron chi connectivity index (χ1n) is 6.49. The molecule has 20 heavy (non-hydrogen) atoms. The molecule has 5 nitrogen and oxygen atoms in total. The fraction of sp³-hybridized carbons (Fsp3) is 0.400. The molecule has 1 aliphatic heterocycles. The fourth-order valence-electron chi connectivity index (χ4n) is 2.20. The Labute approximate surface area is 118 Å². The maximum absolute atomic E-state index is 12.5. The van der Waals surface area contributed by atoms with Crippen molar-refractivity contribution in [3.05, 3.63) is 29.8 Å². The normalized spacial score (nSPS) is 16.3. The summed E-state index contributed by atoms with van der Waals surface area (Å²) >= 11 is 0. The molecule has 0 atom stereocenters. The van der Waals surface area contributed by atoms with Crippen LogP contribution in [0.2, 0.25) is 0 Å². The summed E-state index contributed by atoms with van der Waals surface area (Å²) in [7, 11) is 0. The van der Waals surface area contributed by atoms with Crippen LogP contribution >= 0.6 is 0 Å². The smallest absolute Gasteiger partial charge is 0.319 e. The van der Waals surface area contributed by atoms with Gasteiger partial charge in [-0.3, -0.25) is 4.79 Å². The summed E-state index contributed by atoms with van der Waals surface area (Å²) in [5, 5.41) is 8.79. The zero-order valence-electron chi connectivity index (χ0n) is 11.9. The van der Waals surface area contributed by atoms with E-state index in [2.05, 4.69) is 0 Å². The number of urea groups is 1. The predicted molar refractivity (Wildman–Crippen MR) is 75.1 cm³/mol. The maximum Gasteiger partial charge on any atom is 0.331 e. The number of carbonyl (C=O) groups is 2. The SMILES string of the molecule is CC(C)(C)N1CCC(=O)N(c2ccc(C#N)cc2)C1=O. The number of amides is 3. The van der Waals surface area contributed by atoms with Gasteiger partial charge in [-0.1, -0.05) is 0 Å². The van der Waals surface area contributed by atoms with Crippen LogP contribution in [0.3, 0.4) is 0 Å². The van der Waals surface area contributed by atoms with E-state index in [1.165, 1.54) is 4.90 Å². The molecule has 1 fully saturated rings. The van der Waals surface area contributed by atoms with E-state index in [4.69, 9.17) is 5.26 Å². The number of imide groups is 1. The van der Waals surface area contributed by atoms with Crippen LogP contribution in [0, 0.1) is 11.3 Å². The maximum atomic E-state index is 12.5. The number of hydrogen-bond donors (Lipinski definition) is 0. The van der Waals surface area contributed by atoms with Crippen LogP contribution in [0.25, 0.3) is 0 Å². The van der Waals surface area contributed by atoms with Crippen molar-refractivity contribution in [3.63, 3.8) is 0 Å². The summed E-state index contributed by atoms with van der Waals surface area (Å²) in [4.78, 5) is 27.4. The van der Waals surface area contributed by atoms with Crippen LogP contribution in [-0.2, 0) is 4.79 Å². The van der Waals surface area contributed by atoms with Gasteiger partial charge in [0, 0.05) is 18.5 Å². The van der Waals surface area contributed by atoms with Crippen LogP contribution in [0.1, 0.15) is 32.8 Å². The Bertz CT molecular complexity index is 579. The van der Waals surface area contributed by atoms with Gasteiger partial charge in [-0.2, -0.15) is 5.26 Å². The highest BCUT2D eigenvalue weighted by atomic mass is 16.2. The van der Waals surface area contributed by atoms with Gasteiger partial charge in [0.15, 0.2) is 0 Å². The van der Waals surface area contributed by atoms with Crippen LogP contribution in [0.4, 0.5) is 10.5 Å². The van der Waals surface area contributed by atoms with Crippen molar-refractivity contribution in [2.45, 2.75) is 32.7 Å². The molecular weight excluding hydrogens is 254 g/mol. The number of nitrogens with zero attached hydrogens (tertiary/aromatic N) is 3. The Balaban J connectivity index is 2.35. The van der Waals surface area contributed by atoms with Crippen molar-refractivity contribution in [1.29, 1.82) is 5.26 Å². The second-order valence-corrected chi connectivity index (χ2v) is 5.74. The van der Waals surface area contributed by atoms with Crippen LogP contribution in [0.15, 0.2) is 24.3 Å². The predicted octanol–water partition coefficient (Wildman–Crippen LogP) is 2.52. The zero-order chi connectivity index (χ0) is 14.9. The third kappa shape index (κ3) is 2.50. The Morgan fingerprint density at radius 3 is 2.25 bits per heavy atom. The Kier molecular flexibility index (Phi) is 3.49. The first kappa shape index (κ1) is 14.1. The molecule has 0 aliphatic carbocycles. The minimum Gasteiger partial charge on any atom is -0.319 e. The van der Waals surface area contributed by atoms with E-state index in [1.54, 1.807) is 29.2 Å². The molecule has 0 aromatic heterocycles. The summed E-state index contributed by atoms with van der Waals surface area (Å²) < 4.78 is 0. The van der Waals surface area contributed by atoms with Gasteiger partial charge >= 0.3 is 6.03 Å². The molecule has 0 bridgehead atoms. The van der Waals surface area contributed by atoms with Gasteiger partial charge in [0.1, 0.15) is 0 Å². The second kappa shape index (κ2) is 4.97. The molecule has 104 valence electrons. The minimum absolute atomic E-state index is 0.208. The fourth-order valence-corrected chi connectivity index (χ4v) is 2.20. The number of carbonyl (C=O) groups excluding carboxylic acids is 2. The average molecular weight is 271 g/mol. The lowest BCUT2D eigenvalue weighted by Gasteiger charge is -2.42. The summed E-state index contributed by atoms with van der Waals surface area (Å²) in [6.45, 7) is 6.26. The third-order valence-corrected chi connectivity index (χ3v) is 3.29. The van der Waals surface area contributed by atoms with E-state index in [1.807, 2.05) is 26.8 Å². The Hall–Kier alpha value is -2.35. The Morgan fingerprint density at radius 2 is 1.75 bits per heavy atom. The summed E-state index contributed by atoms with van der Waals surface area (Å²) in [5.41, 5.74) is 0.675. The summed E-state index contributed by atoms with van der Waals surface area (Å²) in [6.07, 6.45) is 0.309. The van der Waals surface area contributed by atoms with Gasteiger partial charge in [0.05, 0.1) is 17.3 Å². The molecule has 0 unspecified atom stereocenters. The van der Waals surface area contributed by atoms with E-state index in [9.17, 15) is 9.59 Å². The van der Waals surface area contributed by atoms with Crippen molar-refractivity contribution in [2.24, 2.45) is 0 Å². The summed E-state index contributed by atoms with van der Waals surface area (Å²) in [5.74, 6) is -0.208. The van der Waals surface area contributed by atoms with E-state index in [-0.39, 0.29) is 17.5 Å². The first-order valence-corrected chi connectivity index (χ1v) is 6.49. The van der Waals surface area contributed by atoms with Crippen molar-refractivity contribution in [2.75, 3.05) is 11.4 Å². The van der Waals surface area contributed by atoms with Gasteiger partial charge < -0.3 is 4.90 Å². The molecule has 0 saturated carbocycles. The van der Waals surface area contributed by atoms with Gasteiger partial charge in [-0.15, -0.1) is 0 Å². The van der Waals surface area contributed by atoms with E-state index in [0.717, 1.165) is 0 Å². The molecule has 0 spiro atoms. The number of rotatable bonds is 1. The Morgan fingerprint density at radius 1 is 1.15 bits per heavy atom. The quantitative estimate of drug-likeness (QED) is 0.788. The minimum atomic E-state index is -0.331. The van der Waals surface area contributed by atoms with Crippen LogP contribution in [-0.4, -0.2) is 28.9 Å². The summed E-state index contributed by atoms with van der Waals surface area (Å²) in [6, 6.07) is 8.16. The molecule has 3 amide bonds. The van der Waals surface area contributed by atoms with E-state index < -0.39 is 0 Å². The van der Waals surface area contributed by atoms with E-state index >= 15 is 0 Å². The highest BCUT2D eigenvalue weighted by Crippen LogP contribution is 2.26. The lowest BCUT2D eigenvalue weighted by Crippen LogP contribution is -2.58. The molecular formula is C15H17N3O2. The molecule has 1 aliphatic rings. The lowest BCUT2D eigenvalue weighted by atomic mass is 10.0. The first-order chi connectivity index (χ1) is 9.34. The molecule has 5 heteroatoms. The van der Waals surface area contributed by atoms with Crippen molar-refractivity contribution < 1.29 is 9.59 Å². The molecule has 0 N–H and O–H groups in total. The highest BCUT2D eigenvalue weighted by molar-refractivity contribution is 6.15. The van der Waals surface area contributed by atoms with E-state index in [0.29, 0.717) is 24.2 Å². The zero-order valence-corrected chi connectivity index (χ0v) is 11.9. The lowest BCUT2D eigenvalue weighted by molar-refractivity contribution is -0.119. The second-order valence-electron chi connectivity index (χ2n) is 5.74. The number of hydrogen-bond acceptors (Lipinski definition) is 3. The van der Waals surface area contributed by atoms with Crippen molar-refractivity contribution in [3.8, 4) is 6.07 Å². The monoisotopic (exact) mass is 271 g/mol. The van der Waals surface area contributed by atoms with Crippen molar-refractivity contribution in [1.82, 2.24) is 4.90 Å². The number of benzene rings is 1. The molecule has 1 saturated heterocycles. The van der Waals surface area contributed by atoms with Crippen LogP contribution in [0.5, 0.6) is 0 Å². The standard InChI is InChI=1S/C15H17N3O2/c1-15(2,3)17-9-8-13(19)18(14(17)20)12-6-4-11(10-16)5-7-12/h4-7H,8-9H2,1-3H3. The largest absolute Gasteiger partial charge is 0.331 e. The van der Waals surface area contributed by atoms with Gasteiger partial charge in [-0.05, 0) is 45.0 Å². The number of nitriles is 1. The molecule has 2 rings (SSSR count). The number of anilines is 1. The molecule has 1 aromatic rings. The molecule has 0 radical (unpaired) electrons. The van der Waals surface area contributed by atoms with Gasteiger partial charge in [0.2, 0.25) is 5.91 Å². The highest BCUT2D eigenvalue weighted by Gasteiger charge is 2.38. The van der Waals surface area contributed by atoms with Crippen molar-refractivity contribution >= 4 is 17.6 Å². The third-order valence-electron chi connectivity index (χ3n) is 3.29. The average Bonchev–Trinajstić information content (AvgIpc) is 2.38. The molecule has 1 aromatic carbocycles. The molecule has 1 heterocycles. The topological polar surface area (TPSA) is 64.4 Å². The van der Waals surface area contributed by atoms with Gasteiger partial charge in [0.25, 0.3) is 0 Å².